The first-order valence-electron chi connectivity index (χ1n) is 6.64. The normalized spacial score (nSPS) is 12.0. The van der Waals surface area contributed by atoms with Gasteiger partial charge in [-0.25, -0.2) is 0 Å². The Morgan fingerprint density at radius 1 is 1.10 bits per heavy atom. The number of carbonyl (C=O) groups excluding carboxylic acids is 1. The summed E-state index contributed by atoms with van der Waals surface area (Å²) in [5.41, 5.74) is 1.66. The quantitative estimate of drug-likeness (QED) is 0.732. The predicted molar refractivity (Wildman–Crippen MR) is 85.7 cm³/mol. The summed E-state index contributed by atoms with van der Waals surface area (Å²) < 4.78 is 11.7. The van der Waals surface area contributed by atoms with Crippen molar-refractivity contribution >= 4 is 21.7 Å². The molecule has 3 nitrogen and oxygen atoms in total. The fraction of sp³-hybridized carbons (Fsp3) is 0.235. The molecule has 1 atom stereocenters. The van der Waals surface area contributed by atoms with Gasteiger partial charge in [0.25, 0.3) is 0 Å². The van der Waals surface area contributed by atoms with E-state index in [4.69, 9.17) is 9.47 Å². The van der Waals surface area contributed by atoms with Gasteiger partial charge in [-0.2, -0.15) is 0 Å². The zero-order valence-electron chi connectivity index (χ0n) is 12.0. The molecule has 0 bridgehead atoms. The molecule has 1 unspecified atom stereocenters. The Morgan fingerprint density at radius 3 is 2.29 bits per heavy atom. The Labute approximate surface area is 133 Å². The van der Waals surface area contributed by atoms with Crippen LogP contribution in [0.4, 0.5) is 0 Å². The van der Waals surface area contributed by atoms with Crippen LogP contribution in [0.5, 0.6) is 5.75 Å². The van der Waals surface area contributed by atoms with Crippen LogP contribution >= 0.6 is 15.9 Å². The number of carbonyl (C=O) groups is 1. The van der Waals surface area contributed by atoms with Gasteiger partial charge in [0.1, 0.15) is 11.9 Å². The molecule has 0 spiro atoms. The third-order valence-electron chi connectivity index (χ3n) is 3.16. The van der Waals surface area contributed by atoms with Crippen molar-refractivity contribution in [2.45, 2.75) is 19.6 Å². The molecule has 0 radical (unpaired) electrons. The summed E-state index contributed by atoms with van der Waals surface area (Å²) in [5, 5.41) is 0. The molecule has 0 aromatic heterocycles. The second-order valence-corrected chi connectivity index (χ2v) is 5.59. The second-order valence-electron chi connectivity index (χ2n) is 4.67. The summed E-state index contributed by atoms with van der Waals surface area (Å²) in [6, 6.07) is 14.9. The molecule has 21 heavy (non-hydrogen) atoms. The van der Waals surface area contributed by atoms with Gasteiger partial charge in [0.05, 0.1) is 13.7 Å². The molecule has 2 aromatic carbocycles. The summed E-state index contributed by atoms with van der Waals surface area (Å²) in [7, 11) is 1.60. The predicted octanol–water partition coefficient (Wildman–Crippen LogP) is 4.25. The van der Waals surface area contributed by atoms with Crippen LogP contribution in [0.3, 0.4) is 0 Å². The summed E-state index contributed by atoms with van der Waals surface area (Å²) in [6.07, 6.45) is -0.484. The number of hydrogen-bond donors (Lipinski definition) is 0. The second kappa shape index (κ2) is 7.38. The standard InChI is InChI=1S/C17H17BrO3/c1-12(21-11-13-3-7-15(18)8-4-13)17(19)14-5-9-16(20-2)10-6-14/h3-10,12H,11H2,1-2H3. The van der Waals surface area contributed by atoms with Crippen LogP contribution in [-0.2, 0) is 11.3 Å². The van der Waals surface area contributed by atoms with Gasteiger partial charge in [-0.1, -0.05) is 28.1 Å². The molecule has 0 saturated carbocycles. The van der Waals surface area contributed by atoms with Gasteiger partial charge in [-0.3, -0.25) is 4.79 Å². The van der Waals surface area contributed by atoms with E-state index in [1.165, 1.54) is 0 Å². The van der Waals surface area contributed by atoms with Crippen LogP contribution in [-0.4, -0.2) is 19.0 Å². The van der Waals surface area contributed by atoms with Crippen LogP contribution < -0.4 is 4.74 Å². The van der Waals surface area contributed by atoms with E-state index < -0.39 is 6.10 Å². The maximum absolute atomic E-state index is 12.2. The number of hydrogen-bond acceptors (Lipinski definition) is 3. The average Bonchev–Trinajstić information content (AvgIpc) is 2.53. The van der Waals surface area contributed by atoms with Crippen molar-refractivity contribution in [2.75, 3.05) is 7.11 Å². The van der Waals surface area contributed by atoms with Crippen molar-refractivity contribution in [3.8, 4) is 5.75 Å². The molecule has 0 aliphatic carbocycles. The number of methoxy groups -OCH3 is 1. The molecule has 0 fully saturated rings. The highest BCUT2D eigenvalue weighted by atomic mass is 79.9. The number of ether oxygens (including phenoxy) is 2. The van der Waals surface area contributed by atoms with Gasteiger partial charge >= 0.3 is 0 Å². The minimum Gasteiger partial charge on any atom is -0.497 e. The number of ketones is 1. The Kier molecular flexibility index (Phi) is 5.53. The molecule has 4 heteroatoms. The molecule has 0 aliphatic heterocycles. The van der Waals surface area contributed by atoms with Gasteiger partial charge in [-0.15, -0.1) is 0 Å². The first kappa shape index (κ1) is 15.7. The van der Waals surface area contributed by atoms with Crippen molar-refractivity contribution in [3.63, 3.8) is 0 Å². The Hall–Kier alpha value is -1.65. The molecular weight excluding hydrogens is 332 g/mol. The van der Waals surface area contributed by atoms with E-state index in [-0.39, 0.29) is 5.78 Å². The molecule has 2 rings (SSSR count). The smallest absolute Gasteiger partial charge is 0.191 e. The minimum atomic E-state index is -0.484. The van der Waals surface area contributed by atoms with E-state index >= 15 is 0 Å². The van der Waals surface area contributed by atoms with Crippen LogP contribution in [0.2, 0.25) is 0 Å². The zero-order valence-corrected chi connectivity index (χ0v) is 13.6. The van der Waals surface area contributed by atoms with E-state index in [1.807, 2.05) is 24.3 Å². The Bertz CT molecular complexity index is 590. The van der Waals surface area contributed by atoms with Gasteiger partial charge in [0.2, 0.25) is 0 Å². The number of Topliss-reactive ketones (excluding diaryl/α,β-unsaturated/α-hetero) is 1. The minimum absolute atomic E-state index is 0.0326. The molecule has 110 valence electrons. The topological polar surface area (TPSA) is 35.5 Å². The Balaban J connectivity index is 1.93. The fourth-order valence-corrected chi connectivity index (χ4v) is 2.13. The molecule has 0 N–H and O–H groups in total. The monoisotopic (exact) mass is 348 g/mol. The van der Waals surface area contributed by atoms with Crippen molar-refractivity contribution in [2.24, 2.45) is 0 Å². The van der Waals surface area contributed by atoms with Gasteiger partial charge < -0.3 is 9.47 Å². The third kappa shape index (κ3) is 4.41. The van der Waals surface area contributed by atoms with Gasteiger partial charge in [0, 0.05) is 10.0 Å². The maximum atomic E-state index is 12.2. The largest absolute Gasteiger partial charge is 0.497 e. The van der Waals surface area contributed by atoms with Crippen molar-refractivity contribution < 1.29 is 14.3 Å². The van der Waals surface area contributed by atoms with E-state index in [0.717, 1.165) is 15.8 Å². The van der Waals surface area contributed by atoms with E-state index in [0.29, 0.717) is 12.2 Å². The molecule has 0 aliphatic rings. The number of halogens is 1. The summed E-state index contributed by atoms with van der Waals surface area (Å²) in [6.45, 7) is 2.18. The van der Waals surface area contributed by atoms with Crippen LogP contribution in [0.25, 0.3) is 0 Å². The first-order chi connectivity index (χ1) is 10.1. The lowest BCUT2D eigenvalue weighted by molar-refractivity contribution is 0.0412. The highest BCUT2D eigenvalue weighted by molar-refractivity contribution is 9.10. The molecule has 0 saturated heterocycles. The SMILES string of the molecule is COc1ccc(C(=O)C(C)OCc2ccc(Br)cc2)cc1. The van der Waals surface area contributed by atoms with Crippen molar-refractivity contribution in [3.05, 3.63) is 64.1 Å². The number of rotatable bonds is 6. The van der Waals surface area contributed by atoms with Crippen LogP contribution in [0.1, 0.15) is 22.8 Å². The maximum Gasteiger partial charge on any atom is 0.191 e. The highest BCUT2D eigenvalue weighted by Crippen LogP contribution is 2.15. The van der Waals surface area contributed by atoms with Crippen LogP contribution in [0.15, 0.2) is 53.0 Å². The lowest BCUT2D eigenvalue weighted by Gasteiger charge is -2.12. The highest BCUT2D eigenvalue weighted by Gasteiger charge is 2.15. The third-order valence-corrected chi connectivity index (χ3v) is 3.69. The van der Waals surface area contributed by atoms with Crippen LogP contribution in [0, 0.1) is 0 Å². The lowest BCUT2D eigenvalue weighted by Crippen LogP contribution is -2.20. The van der Waals surface area contributed by atoms with E-state index in [9.17, 15) is 4.79 Å². The molecular formula is C17H17BrO3. The lowest BCUT2D eigenvalue weighted by atomic mass is 10.1. The van der Waals surface area contributed by atoms with Crippen molar-refractivity contribution in [1.29, 1.82) is 0 Å². The molecule has 2 aromatic rings. The van der Waals surface area contributed by atoms with E-state index in [1.54, 1.807) is 38.3 Å². The van der Waals surface area contributed by atoms with Gasteiger partial charge in [-0.05, 0) is 48.9 Å². The molecule has 0 heterocycles. The zero-order chi connectivity index (χ0) is 15.2. The van der Waals surface area contributed by atoms with Crippen molar-refractivity contribution in [1.82, 2.24) is 0 Å². The van der Waals surface area contributed by atoms with E-state index in [2.05, 4.69) is 15.9 Å². The summed E-state index contributed by atoms with van der Waals surface area (Å²) >= 11 is 3.39. The average molecular weight is 349 g/mol. The molecule has 0 amide bonds. The number of benzene rings is 2. The fourth-order valence-electron chi connectivity index (χ4n) is 1.87. The summed E-state index contributed by atoms with van der Waals surface area (Å²) in [4.78, 5) is 12.2. The Morgan fingerprint density at radius 2 is 1.71 bits per heavy atom. The van der Waals surface area contributed by atoms with Gasteiger partial charge in [0.15, 0.2) is 5.78 Å². The summed E-state index contributed by atoms with van der Waals surface area (Å²) in [5.74, 6) is 0.699. The first-order valence-corrected chi connectivity index (χ1v) is 7.44.